The maximum Gasteiger partial charge on any atom is 0.127 e. The van der Waals surface area contributed by atoms with Crippen LogP contribution in [0.5, 0.6) is 0 Å². The van der Waals surface area contributed by atoms with Crippen molar-refractivity contribution >= 4 is 20.9 Å². The zero-order valence-electron chi connectivity index (χ0n) is 9.01. The van der Waals surface area contributed by atoms with Gasteiger partial charge in [-0.2, -0.15) is 14.5 Å². The Morgan fingerprint density at radius 1 is 1.47 bits per heavy atom. The molecule has 1 nitrogen and oxygen atoms in total. The van der Waals surface area contributed by atoms with Crippen LogP contribution < -0.4 is 0 Å². The van der Waals surface area contributed by atoms with Gasteiger partial charge in [-0.1, -0.05) is 18.7 Å². The second-order valence-corrected chi connectivity index (χ2v) is 6.67. The fourth-order valence-electron chi connectivity index (χ4n) is 1.36. The second-order valence-electron chi connectivity index (χ2n) is 3.68. The molecule has 0 spiro atoms. The summed E-state index contributed by atoms with van der Waals surface area (Å²) in [7, 11) is -1.48. The SMILES string of the molecule is C=S(=C)(C)c1cc(CC)c(F)cc1C#N. The van der Waals surface area contributed by atoms with Crippen LogP contribution in [0.3, 0.4) is 0 Å². The molecule has 80 valence electrons. The Kier molecular flexibility index (Phi) is 3.21. The normalized spacial score (nSPS) is 11.1. The third-order valence-corrected chi connectivity index (χ3v) is 3.58. The molecule has 0 saturated heterocycles. The first-order valence-corrected chi connectivity index (χ1v) is 6.95. The summed E-state index contributed by atoms with van der Waals surface area (Å²) >= 11 is 0. The lowest BCUT2D eigenvalue weighted by molar-refractivity contribution is 0.610. The van der Waals surface area contributed by atoms with Gasteiger partial charge in [-0.3, -0.25) is 0 Å². The molecule has 3 heteroatoms. The lowest BCUT2D eigenvalue weighted by atomic mass is 10.1. The molecule has 0 atom stereocenters. The van der Waals surface area contributed by atoms with Crippen molar-refractivity contribution in [1.82, 2.24) is 0 Å². The van der Waals surface area contributed by atoms with E-state index in [0.717, 1.165) is 4.90 Å². The van der Waals surface area contributed by atoms with E-state index in [9.17, 15) is 4.39 Å². The van der Waals surface area contributed by atoms with E-state index in [-0.39, 0.29) is 5.82 Å². The standard InChI is InChI=1S/C12H14FNS/c1-5-9-7-12(15(2,3)4)10(8-14)6-11(9)13/h6-7H,2-3,5H2,1,4H3. The van der Waals surface area contributed by atoms with Gasteiger partial charge in [-0.25, -0.2) is 4.39 Å². The molecule has 0 aliphatic rings. The molecule has 15 heavy (non-hydrogen) atoms. The van der Waals surface area contributed by atoms with Gasteiger partial charge in [0.05, 0.1) is 5.56 Å². The van der Waals surface area contributed by atoms with Gasteiger partial charge in [0, 0.05) is 4.90 Å². The fraction of sp³-hybridized carbons (Fsp3) is 0.250. The highest BCUT2D eigenvalue weighted by Crippen LogP contribution is 2.32. The Bertz CT molecular complexity index is 521. The van der Waals surface area contributed by atoms with Gasteiger partial charge in [0.1, 0.15) is 11.9 Å². The van der Waals surface area contributed by atoms with Crippen molar-refractivity contribution in [2.75, 3.05) is 6.26 Å². The highest BCUT2D eigenvalue weighted by atomic mass is 32.2. The quantitative estimate of drug-likeness (QED) is 0.707. The fourth-order valence-corrected chi connectivity index (χ4v) is 2.42. The maximum absolute atomic E-state index is 13.4. The van der Waals surface area contributed by atoms with Crippen molar-refractivity contribution in [2.24, 2.45) is 0 Å². The monoisotopic (exact) mass is 223 g/mol. The molecule has 0 heterocycles. The molecule has 0 aliphatic heterocycles. The summed E-state index contributed by atoms with van der Waals surface area (Å²) in [6.07, 6.45) is 2.50. The summed E-state index contributed by atoms with van der Waals surface area (Å²) in [6.45, 7) is 1.88. The van der Waals surface area contributed by atoms with Crippen LogP contribution in [0.2, 0.25) is 0 Å². The van der Waals surface area contributed by atoms with Gasteiger partial charge in [-0.15, -0.1) is 0 Å². The predicted octanol–water partition coefficient (Wildman–Crippen LogP) is 2.92. The van der Waals surface area contributed by atoms with Gasteiger partial charge in [0.2, 0.25) is 0 Å². The van der Waals surface area contributed by atoms with E-state index in [0.29, 0.717) is 17.5 Å². The van der Waals surface area contributed by atoms with Crippen LogP contribution in [-0.4, -0.2) is 18.0 Å². The molecule has 0 amide bonds. The Hall–Kier alpha value is -1.27. The van der Waals surface area contributed by atoms with Crippen molar-refractivity contribution < 1.29 is 4.39 Å². The highest BCUT2D eigenvalue weighted by Gasteiger charge is 2.10. The van der Waals surface area contributed by atoms with Crippen LogP contribution in [0.4, 0.5) is 4.39 Å². The van der Waals surface area contributed by atoms with E-state index in [1.807, 2.05) is 19.2 Å². The van der Waals surface area contributed by atoms with Gasteiger partial charge in [0.15, 0.2) is 0 Å². The van der Waals surface area contributed by atoms with Crippen molar-refractivity contribution in [3.05, 3.63) is 29.1 Å². The average molecular weight is 223 g/mol. The Morgan fingerprint density at radius 2 is 2.07 bits per heavy atom. The Labute approximate surface area is 90.6 Å². The number of nitrogens with zero attached hydrogens (tertiary/aromatic N) is 1. The molecular formula is C12H14FNS. The third kappa shape index (κ3) is 2.40. The minimum Gasteiger partial charge on any atom is -0.207 e. The lowest BCUT2D eigenvalue weighted by Crippen LogP contribution is -1.94. The van der Waals surface area contributed by atoms with Crippen LogP contribution >= 0.6 is 9.21 Å². The number of nitriles is 1. The molecule has 0 aromatic heterocycles. The minimum absolute atomic E-state index is 0.318. The predicted molar refractivity (Wildman–Crippen MR) is 66.5 cm³/mol. The van der Waals surface area contributed by atoms with Crippen LogP contribution in [-0.2, 0) is 6.42 Å². The largest absolute Gasteiger partial charge is 0.207 e. The van der Waals surface area contributed by atoms with E-state index in [1.165, 1.54) is 6.07 Å². The number of hydrogen-bond donors (Lipinski definition) is 0. The van der Waals surface area contributed by atoms with Crippen molar-refractivity contribution in [3.63, 3.8) is 0 Å². The zero-order chi connectivity index (χ0) is 11.6. The maximum atomic E-state index is 13.4. The molecule has 0 radical (unpaired) electrons. The van der Waals surface area contributed by atoms with Gasteiger partial charge in [0.25, 0.3) is 0 Å². The first kappa shape index (κ1) is 11.8. The molecule has 0 bridgehead atoms. The minimum atomic E-state index is -1.48. The lowest BCUT2D eigenvalue weighted by Gasteiger charge is -2.12. The smallest absolute Gasteiger partial charge is 0.127 e. The summed E-state index contributed by atoms with van der Waals surface area (Å²) in [4.78, 5) is 0.781. The van der Waals surface area contributed by atoms with Crippen molar-refractivity contribution in [1.29, 1.82) is 5.26 Å². The molecular weight excluding hydrogens is 209 g/mol. The molecule has 1 aromatic rings. The number of rotatable bonds is 2. The molecule has 0 fully saturated rings. The van der Waals surface area contributed by atoms with Crippen molar-refractivity contribution in [2.45, 2.75) is 18.2 Å². The molecule has 0 unspecified atom stereocenters. The van der Waals surface area contributed by atoms with Crippen LogP contribution in [0.15, 0.2) is 17.0 Å². The summed E-state index contributed by atoms with van der Waals surface area (Å²) in [6, 6.07) is 5.01. The molecule has 0 aliphatic carbocycles. The number of halogens is 1. The first-order chi connectivity index (χ1) is 6.90. The molecule has 1 rings (SSSR count). The number of hydrogen-bond acceptors (Lipinski definition) is 1. The highest BCUT2D eigenvalue weighted by molar-refractivity contribution is 8.27. The van der Waals surface area contributed by atoms with E-state index in [4.69, 9.17) is 5.26 Å². The summed E-state index contributed by atoms with van der Waals surface area (Å²) in [5, 5.41) is 8.91. The third-order valence-electron chi connectivity index (χ3n) is 2.18. The molecule has 0 N–H and O–H groups in total. The van der Waals surface area contributed by atoms with Crippen molar-refractivity contribution in [3.8, 4) is 6.07 Å². The van der Waals surface area contributed by atoms with Crippen LogP contribution in [0.1, 0.15) is 18.1 Å². The first-order valence-electron chi connectivity index (χ1n) is 4.57. The number of aryl methyl sites for hydroxylation is 1. The van der Waals surface area contributed by atoms with Crippen LogP contribution in [0, 0.1) is 17.1 Å². The Morgan fingerprint density at radius 3 is 2.47 bits per heavy atom. The summed E-state index contributed by atoms with van der Waals surface area (Å²) in [5.74, 6) is 7.59. The average Bonchev–Trinajstić information content (AvgIpc) is 2.15. The van der Waals surface area contributed by atoms with E-state index in [2.05, 4.69) is 11.7 Å². The van der Waals surface area contributed by atoms with Gasteiger partial charge < -0.3 is 0 Å². The topological polar surface area (TPSA) is 23.8 Å². The van der Waals surface area contributed by atoms with Gasteiger partial charge in [-0.05, 0) is 30.4 Å². The summed E-state index contributed by atoms with van der Waals surface area (Å²) in [5.41, 5.74) is 0.974. The zero-order valence-corrected chi connectivity index (χ0v) is 9.83. The molecule has 0 saturated carbocycles. The Balaban J connectivity index is 3.59. The van der Waals surface area contributed by atoms with E-state index >= 15 is 0 Å². The number of benzene rings is 1. The second kappa shape index (κ2) is 4.08. The summed E-state index contributed by atoms with van der Waals surface area (Å²) < 4.78 is 13.4. The van der Waals surface area contributed by atoms with E-state index in [1.54, 1.807) is 6.07 Å². The molecule has 1 aromatic carbocycles. The van der Waals surface area contributed by atoms with E-state index < -0.39 is 9.21 Å². The van der Waals surface area contributed by atoms with Crippen LogP contribution in [0.25, 0.3) is 0 Å². The van der Waals surface area contributed by atoms with Gasteiger partial charge >= 0.3 is 0 Å².